The number of hydrogen-bond acceptors (Lipinski definition) is 5. The van der Waals surface area contributed by atoms with Gasteiger partial charge in [-0.25, -0.2) is 8.78 Å². The van der Waals surface area contributed by atoms with Crippen molar-refractivity contribution < 1.29 is 18.2 Å². The van der Waals surface area contributed by atoms with Gasteiger partial charge in [0, 0.05) is 0 Å². The van der Waals surface area contributed by atoms with E-state index in [0.29, 0.717) is 12.1 Å². The van der Waals surface area contributed by atoms with Gasteiger partial charge < -0.3 is 4.52 Å². The van der Waals surface area contributed by atoms with Crippen LogP contribution in [0.2, 0.25) is 0 Å². The summed E-state index contributed by atoms with van der Waals surface area (Å²) in [5.74, 6) is -2.85. The molecule has 0 spiro atoms. The van der Waals surface area contributed by atoms with E-state index >= 15 is 0 Å². The number of halogens is 3. The summed E-state index contributed by atoms with van der Waals surface area (Å²) in [6.07, 6.45) is 0. The normalized spacial score (nSPS) is 10.6. The highest BCUT2D eigenvalue weighted by atomic mass is 35.5. The summed E-state index contributed by atoms with van der Waals surface area (Å²) in [5, 5.41) is 14.1. The zero-order chi connectivity index (χ0) is 13.3. The molecule has 94 valence electrons. The predicted molar refractivity (Wildman–Crippen MR) is 55.9 cm³/mol. The number of nitro groups is 1. The molecule has 2 aromatic rings. The molecule has 0 radical (unpaired) electrons. The lowest BCUT2D eigenvalue weighted by Crippen LogP contribution is -1.96. The van der Waals surface area contributed by atoms with Crippen LogP contribution in [0, 0.1) is 21.7 Å². The molecule has 18 heavy (non-hydrogen) atoms. The first-order valence-corrected chi connectivity index (χ1v) is 5.08. The first-order valence-electron chi connectivity index (χ1n) is 4.55. The first kappa shape index (κ1) is 12.4. The van der Waals surface area contributed by atoms with E-state index in [-0.39, 0.29) is 23.2 Å². The van der Waals surface area contributed by atoms with E-state index < -0.39 is 22.2 Å². The second-order valence-corrected chi connectivity index (χ2v) is 3.46. The molecule has 0 aliphatic heterocycles. The van der Waals surface area contributed by atoms with Crippen LogP contribution in [-0.2, 0) is 5.88 Å². The predicted octanol–water partition coefficient (Wildman–Crippen LogP) is 2.66. The fourth-order valence-electron chi connectivity index (χ4n) is 1.28. The third-order valence-electron chi connectivity index (χ3n) is 2.05. The maximum absolute atomic E-state index is 13.1. The molecular formula is C9H4ClF2N3O3. The van der Waals surface area contributed by atoms with Gasteiger partial charge in [-0.1, -0.05) is 5.16 Å². The Bertz CT molecular complexity index is 617. The molecule has 0 aliphatic rings. The molecule has 0 fully saturated rings. The Morgan fingerprint density at radius 1 is 1.39 bits per heavy atom. The van der Waals surface area contributed by atoms with Crippen molar-refractivity contribution in [1.29, 1.82) is 0 Å². The van der Waals surface area contributed by atoms with E-state index in [1.54, 1.807) is 0 Å². The third kappa shape index (κ3) is 2.14. The first-order chi connectivity index (χ1) is 8.52. The molecule has 0 N–H and O–H groups in total. The minimum atomic E-state index is -1.33. The Kier molecular flexibility index (Phi) is 3.19. The zero-order valence-corrected chi connectivity index (χ0v) is 9.32. The van der Waals surface area contributed by atoms with E-state index in [1.165, 1.54) is 0 Å². The van der Waals surface area contributed by atoms with Gasteiger partial charge in [-0.2, -0.15) is 4.98 Å². The molecule has 0 bridgehead atoms. The van der Waals surface area contributed by atoms with Gasteiger partial charge in [0.1, 0.15) is 5.56 Å². The van der Waals surface area contributed by atoms with Gasteiger partial charge in [-0.15, -0.1) is 11.6 Å². The van der Waals surface area contributed by atoms with E-state index in [4.69, 9.17) is 11.6 Å². The summed E-state index contributed by atoms with van der Waals surface area (Å²) in [6.45, 7) is 0. The van der Waals surface area contributed by atoms with Crippen LogP contribution in [-0.4, -0.2) is 15.1 Å². The largest absolute Gasteiger partial charge is 0.334 e. The van der Waals surface area contributed by atoms with Crippen molar-refractivity contribution in [3.63, 3.8) is 0 Å². The molecule has 0 saturated heterocycles. The van der Waals surface area contributed by atoms with Gasteiger partial charge in [0.25, 0.3) is 11.6 Å². The Labute approximate surface area is 103 Å². The highest BCUT2D eigenvalue weighted by Gasteiger charge is 2.24. The molecule has 6 nitrogen and oxygen atoms in total. The summed E-state index contributed by atoms with van der Waals surface area (Å²) < 4.78 is 30.7. The van der Waals surface area contributed by atoms with Crippen molar-refractivity contribution in [2.75, 3.05) is 0 Å². The van der Waals surface area contributed by atoms with E-state index in [1.807, 2.05) is 0 Å². The number of rotatable bonds is 3. The molecule has 0 atom stereocenters. The van der Waals surface area contributed by atoms with Crippen LogP contribution in [0.1, 0.15) is 5.82 Å². The van der Waals surface area contributed by atoms with Gasteiger partial charge in [0.2, 0.25) is 0 Å². The Morgan fingerprint density at radius 3 is 2.61 bits per heavy atom. The van der Waals surface area contributed by atoms with Crippen molar-refractivity contribution in [2.45, 2.75) is 5.88 Å². The molecule has 0 amide bonds. The number of nitro benzene ring substituents is 1. The number of aromatic nitrogens is 2. The van der Waals surface area contributed by atoms with Crippen LogP contribution in [0.5, 0.6) is 0 Å². The zero-order valence-electron chi connectivity index (χ0n) is 8.56. The molecule has 2 rings (SSSR count). The lowest BCUT2D eigenvalue weighted by molar-refractivity contribution is -0.384. The van der Waals surface area contributed by atoms with Crippen LogP contribution in [0.25, 0.3) is 11.5 Å². The number of benzene rings is 1. The van der Waals surface area contributed by atoms with Crippen LogP contribution in [0.4, 0.5) is 14.5 Å². The van der Waals surface area contributed by atoms with Crippen molar-refractivity contribution >= 4 is 17.3 Å². The van der Waals surface area contributed by atoms with Gasteiger partial charge in [-0.05, 0) is 6.07 Å². The molecule has 0 aliphatic carbocycles. The number of alkyl halides is 1. The maximum Gasteiger partial charge on any atom is 0.285 e. The van der Waals surface area contributed by atoms with Crippen molar-refractivity contribution in [1.82, 2.24) is 10.1 Å². The summed E-state index contributed by atoms with van der Waals surface area (Å²) in [6, 6.07) is 1.08. The summed E-state index contributed by atoms with van der Waals surface area (Å²) in [7, 11) is 0. The molecular weight excluding hydrogens is 272 g/mol. The molecule has 0 unspecified atom stereocenters. The lowest BCUT2D eigenvalue weighted by Gasteiger charge is -1.99. The van der Waals surface area contributed by atoms with E-state index in [0.717, 1.165) is 0 Å². The Hall–Kier alpha value is -2.09. The number of hydrogen-bond donors (Lipinski definition) is 0. The molecule has 9 heteroatoms. The average Bonchev–Trinajstić information content (AvgIpc) is 2.80. The minimum Gasteiger partial charge on any atom is -0.334 e. The monoisotopic (exact) mass is 275 g/mol. The van der Waals surface area contributed by atoms with Gasteiger partial charge in [0.05, 0.1) is 16.9 Å². The van der Waals surface area contributed by atoms with Crippen LogP contribution >= 0.6 is 11.6 Å². The van der Waals surface area contributed by atoms with Gasteiger partial charge >= 0.3 is 0 Å². The topological polar surface area (TPSA) is 82.1 Å². The van der Waals surface area contributed by atoms with Crippen LogP contribution in [0.15, 0.2) is 16.7 Å². The standard InChI is InChI=1S/C9H4ClF2N3O3/c10-3-8-13-9(18-14-8)4-1-5(11)6(12)2-7(4)15(16)17/h1-2H,3H2. The third-order valence-corrected chi connectivity index (χ3v) is 2.29. The SMILES string of the molecule is O=[N+]([O-])c1cc(F)c(F)cc1-c1nc(CCl)no1. The fourth-order valence-corrected chi connectivity index (χ4v) is 1.38. The minimum absolute atomic E-state index is 0.0685. The van der Waals surface area contributed by atoms with Gasteiger partial charge in [-0.3, -0.25) is 10.1 Å². The van der Waals surface area contributed by atoms with Gasteiger partial charge in [0.15, 0.2) is 17.5 Å². The van der Waals surface area contributed by atoms with Crippen molar-refractivity contribution in [3.05, 3.63) is 39.7 Å². The summed E-state index contributed by atoms with van der Waals surface area (Å²) in [4.78, 5) is 13.6. The second kappa shape index (κ2) is 4.65. The Morgan fingerprint density at radius 2 is 2.06 bits per heavy atom. The van der Waals surface area contributed by atoms with Crippen LogP contribution in [0.3, 0.4) is 0 Å². The lowest BCUT2D eigenvalue weighted by atomic mass is 10.1. The molecule has 1 heterocycles. The molecule has 0 saturated carbocycles. The Balaban J connectivity index is 2.61. The highest BCUT2D eigenvalue weighted by molar-refractivity contribution is 6.16. The highest BCUT2D eigenvalue weighted by Crippen LogP contribution is 2.30. The molecule has 1 aromatic carbocycles. The number of nitrogens with zero attached hydrogens (tertiary/aromatic N) is 3. The van der Waals surface area contributed by atoms with Crippen molar-refractivity contribution in [3.8, 4) is 11.5 Å². The van der Waals surface area contributed by atoms with E-state index in [9.17, 15) is 18.9 Å². The molecule has 1 aromatic heterocycles. The smallest absolute Gasteiger partial charge is 0.285 e. The fraction of sp³-hybridized carbons (Fsp3) is 0.111. The second-order valence-electron chi connectivity index (χ2n) is 3.19. The van der Waals surface area contributed by atoms with E-state index in [2.05, 4.69) is 14.7 Å². The summed E-state index contributed by atoms with van der Waals surface area (Å²) >= 11 is 5.43. The maximum atomic E-state index is 13.1. The average molecular weight is 276 g/mol. The quantitative estimate of drug-likeness (QED) is 0.488. The van der Waals surface area contributed by atoms with Crippen molar-refractivity contribution in [2.24, 2.45) is 0 Å². The van der Waals surface area contributed by atoms with Crippen LogP contribution < -0.4 is 0 Å². The summed E-state index contributed by atoms with van der Waals surface area (Å²) in [5.41, 5.74) is -0.971.